The second-order valence-electron chi connectivity index (χ2n) is 5.30. The van der Waals surface area contributed by atoms with Crippen LogP contribution < -0.4 is 5.32 Å². The summed E-state index contributed by atoms with van der Waals surface area (Å²) < 4.78 is 0. The standard InChI is InChI=1S/C17H26BrNO/c1-3-5-11-15(4-2)17(20)19-16(13-18)12-14-9-7-6-8-10-14/h6-10,15-16H,3-5,11-13H2,1-2H3,(H,19,20). The number of carbonyl (C=O) groups is 1. The lowest BCUT2D eigenvalue weighted by Gasteiger charge is -2.21. The Bertz CT molecular complexity index is 380. The second-order valence-corrected chi connectivity index (χ2v) is 5.94. The Hall–Kier alpha value is -0.830. The number of halogens is 1. The molecule has 0 aliphatic heterocycles. The molecular weight excluding hydrogens is 314 g/mol. The number of hydrogen-bond acceptors (Lipinski definition) is 1. The molecular formula is C17H26BrNO. The minimum absolute atomic E-state index is 0.160. The minimum Gasteiger partial charge on any atom is -0.352 e. The molecule has 0 saturated heterocycles. The molecule has 0 fully saturated rings. The van der Waals surface area contributed by atoms with E-state index in [2.05, 4.69) is 47.2 Å². The zero-order chi connectivity index (χ0) is 14.8. The van der Waals surface area contributed by atoms with Gasteiger partial charge in [-0.2, -0.15) is 0 Å². The van der Waals surface area contributed by atoms with Crippen molar-refractivity contribution in [2.45, 2.75) is 52.0 Å². The van der Waals surface area contributed by atoms with Crippen molar-refractivity contribution < 1.29 is 4.79 Å². The van der Waals surface area contributed by atoms with Gasteiger partial charge in [0.05, 0.1) is 0 Å². The van der Waals surface area contributed by atoms with E-state index in [0.717, 1.165) is 37.4 Å². The molecule has 0 spiro atoms. The summed E-state index contributed by atoms with van der Waals surface area (Å²) in [6.45, 7) is 4.27. The first-order valence-electron chi connectivity index (χ1n) is 7.61. The van der Waals surface area contributed by atoms with Crippen LogP contribution >= 0.6 is 15.9 Å². The quantitative estimate of drug-likeness (QED) is 0.666. The Morgan fingerprint density at radius 2 is 1.95 bits per heavy atom. The Kier molecular flexibility index (Phi) is 8.59. The van der Waals surface area contributed by atoms with Gasteiger partial charge in [0.15, 0.2) is 0 Å². The summed E-state index contributed by atoms with van der Waals surface area (Å²) in [6.07, 6.45) is 5.08. The lowest BCUT2D eigenvalue weighted by Crippen LogP contribution is -2.41. The number of alkyl halides is 1. The van der Waals surface area contributed by atoms with E-state index in [9.17, 15) is 4.79 Å². The molecule has 1 amide bonds. The van der Waals surface area contributed by atoms with Gasteiger partial charge in [-0.25, -0.2) is 0 Å². The summed E-state index contributed by atoms with van der Waals surface area (Å²) in [7, 11) is 0. The molecule has 2 atom stereocenters. The minimum atomic E-state index is 0.160. The van der Waals surface area contributed by atoms with Crippen LogP contribution in [0.5, 0.6) is 0 Å². The van der Waals surface area contributed by atoms with E-state index in [1.807, 2.05) is 18.2 Å². The van der Waals surface area contributed by atoms with Gasteiger partial charge < -0.3 is 5.32 Å². The second kappa shape index (κ2) is 9.98. The average Bonchev–Trinajstić information content (AvgIpc) is 2.48. The summed E-state index contributed by atoms with van der Waals surface area (Å²) in [6, 6.07) is 10.5. The van der Waals surface area contributed by atoms with E-state index in [4.69, 9.17) is 0 Å². The van der Waals surface area contributed by atoms with Gasteiger partial charge in [0.1, 0.15) is 0 Å². The Labute approximate surface area is 131 Å². The summed E-state index contributed by atoms with van der Waals surface area (Å²) in [5.41, 5.74) is 1.26. The van der Waals surface area contributed by atoms with Crippen molar-refractivity contribution in [3.05, 3.63) is 35.9 Å². The van der Waals surface area contributed by atoms with Gasteiger partial charge in [-0.15, -0.1) is 0 Å². The molecule has 0 aliphatic carbocycles. The van der Waals surface area contributed by atoms with E-state index in [0.29, 0.717) is 0 Å². The molecule has 112 valence electrons. The SMILES string of the molecule is CCCCC(CC)C(=O)NC(CBr)Cc1ccccc1. The van der Waals surface area contributed by atoms with E-state index < -0.39 is 0 Å². The van der Waals surface area contributed by atoms with Gasteiger partial charge in [-0.3, -0.25) is 4.79 Å². The molecule has 0 aromatic heterocycles. The Balaban J connectivity index is 2.52. The zero-order valence-electron chi connectivity index (χ0n) is 12.6. The van der Waals surface area contributed by atoms with Crippen LogP contribution in [-0.4, -0.2) is 17.3 Å². The highest BCUT2D eigenvalue weighted by Gasteiger charge is 2.19. The van der Waals surface area contributed by atoms with Gasteiger partial charge in [-0.05, 0) is 24.8 Å². The zero-order valence-corrected chi connectivity index (χ0v) is 14.2. The predicted molar refractivity (Wildman–Crippen MR) is 89.2 cm³/mol. The number of benzene rings is 1. The van der Waals surface area contributed by atoms with E-state index >= 15 is 0 Å². The van der Waals surface area contributed by atoms with Gasteiger partial charge in [-0.1, -0.05) is 73.0 Å². The molecule has 20 heavy (non-hydrogen) atoms. The molecule has 2 unspecified atom stereocenters. The fraction of sp³-hybridized carbons (Fsp3) is 0.588. The summed E-state index contributed by atoms with van der Waals surface area (Å²) in [5, 5.41) is 3.98. The first-order chi connectivity index (χ1) is 9.71. The van der Waals surface area contributed by atoms with Crippen LogP contribution in [0.25, 0.3) is 0 Å². The van der Waals surface area contributed by atoms with E-state index in [1.165, 1.54) is 5.56 Å². The fourth-order valence-corrected chi connectivity index (χ4v) is 2.72. The Morgan fingerprint density at radius 1 is 1.25 bits per heavy atom. The lowest BCUT2D eigenvalue weighted by atomic mass is 9.97. The van der Waals surface area contributed by atoms with Crippen molar-refractivity contribution in [1.29, 1.82) is 0 Å². The largest absolute Gasteiger partial charge is 0.352 e. The lowest BCUT2D eigenvalue weighted by molar-refractivity contribution is -0.125. The van der Waals surface area contributed by atoms with Crippen molar-refractivity contribution in [3.8, 4) is 0 Å². The van der Waals surface area contributed by atoms with Crippen LogP contribution in [0.4, 0.5) is 0 Å². The number of rotatable bonds is 9. The molecule has 1 rings (SSSR count). The van der Waals surface area contributed by atoms with E-state index in [1.54, 1.807) is 0 Å². The van der Waals surface area contributed by atoms with Crippen molar-refractivity contribution in [1.82, 2.24) is 5.32 Å². The van der Waals surface area contributed by atoms with Crippen LogP contribution in [0, 0.1) is 5.92 Å². The van der Waals surface area contributed by atoms with Gasteiger partial charge in [0.2, 0.25) is 5.91 Å². The van der Waals surface area contributed by atoms with Crippen LogP contribution in [-0.2, 0) is 11.2 Å². The maximum atomic E-state index is 12.3. The maximum absolute atomic E-state index is 12.3. The fourth-order valence-electron chi connectivity index (χ4n) is 2.33. The average molecular weight is 340 g/mol. The highest BCUT2D eigenvalue weighted by Crippen LogP contribution is 2.14. The number of hydrogen-bond donors (Lipinski definition) is 1. The highest BCUT2D eigenvalue weighted by atomic mass is 79.9. The molecule has 3 heteroatoms. The summed E-state index contributed by atoms with van der Waals surface area (Å²) in [4.78, 5) is 12.3. The molecule has 0 saturated carbocycles. The molecule has 1 aromatic rings. The van der Waals surface area contributed by atoms with Crippen LogP contribution in [0.1, 0.15) is 45.1 Å². The van der Waals surface area contributed by atoms with Crippen LogP contribution in [0.2, 0.25) is 0 Å². The third kappa shape index (κ3) is 6.08. The molecule has 0 aliphatic rings. The first-order valence-corrected chi connectivity index (χ1v) is 8.73. The van der Waals surface area contributed by atoms with Crippen molar-refractivity contribution in [3.63, 3.8) is 0 Å². The summed E-state index contributed by atoms with van der Waals surface area (Å²) >= 11 is 3.51. The topological polar surface area (TPSA) is 29.1 Å². The number of unbranched alkanes of at least 4 members (excludes halogenated alkanes) is 1. The highest BCUT2D eigenvalue weighted by molar-refractivity contribution is 9.09. The number of amides is 1. The van der Waals surface area contributed by atoms with Crippen LogP contribution in [0.15, 0.2) is 30.3 Å². The van der Waals surface area contributed by atoms with Crippen molar-refractivity contribution in [2.24, 2.45) is 5.92 Å². The molecule has 0 bridgehead atoms. The van der Waals surface area contributed by atoms with Crippen LogP contribution in [0.3, 0.4) is 0 Å². The van der Waals surface area contributed by atoms with Gasteiger partial charge in [0.25, 0.3) is 0 Å². The maximum Gasteiger partial charge on any atom is 0.223 e. The number of carbonyl (C=O) groups excluding carboxylic acids is 1. The smallest absolute Gasteiger partial charge is 0.223 e. The monoisotopic (exact) mass is 339 g/mol. The third-order valence-corrected chi connectivity index (χ3v) is 4.41. The Morgan fingerprint density at radius 3 is 2.50 bits per heavy atom. The summed E-state index contributed by atoms with van der Waals surface area (Å²) in [5.74, 6) is 0.369. The van der Waals surface area contributed by atoms with E-state index in [-0.39, 0.29) is 17.9 Å². The normalized spacial score (nSPS) is 13.8. The number of nitrogens with one attached hydrogen (secondary N) is 1. The van der Waals surface area contributed by atoms with Gasteiger partial charge >= 0.3 is 0 Å². The molecule has 0 heterocycles. The molecule has 1 aromatic carbocycles. The third-order valence-electron chi connectivity index (χ3n) is 3.63. The van der Waals surface area contributed by atoms with Crippen molar-refractivity contribution >= 4 is 21.8 Å². The molecule has 1 N–H and O–H groups in total. The predicted octanol–water partition coefficient (Wildman–Crippen LogP) is 4.33. The first kappa shape index (κ1) is 17.2. The van der Waals surface area contributed by atoms with Gasteiger partial charge in [0, 0.05) is 17.3 Å². The molecule has 2 nitrogen and oxygen atoms in total. The molecule has 0 radical (unpaired) electrons. The van der Waals surface area contributed by atoms with Crippen molar-refractivity contribution in [2.75, 3.05) is 5.33 Å².